The highest BCUT2D eigenvalue weighted by Crippen LogP contribution is 2.27. The van der Waals surface area contributed by atoms with Crippen LogP contribution in [0, 0.1) is 5.92 Å². The zero-order valence-corrected chi connectivity index (χ0v) is 9.00. The number of allylic oxidation sites excluding steroid dienone is 1. The van der Waals surface area contributed by atoms with Crippen molar-refractivity contribution < 1.29 is 9.53 Å². The molecule has 1 saturated carbocycles. The number of hydrogen-bond donors (Lipinski definition) is 0. The number of ether oxygens (including phenoxy) is 1. The van der Waals surface area contributed by atoms with Crippen LogP contribution in [0.1, 0.15) is 44.9 Å². The minimum absolute atomic E-state index is 0.242. The van der Waals surface area contributed by atoms with Crippen LogP contribution in [0.5, 0.6) is 0 Å². The smallest absolute Gasteiger partial charge is 0.330 e. The lowest BCUT2D eigenvalue weighted by atomic mass is 9.86. The predicted octanol–water partition coefficient (Wildman–Crippen LogP) is 3.08. The molecular weight excluding hydrogens is 176 g/mol. The maximum Gasteiger partial charge on any atom is 0.330 e. The van der Waals surface area contributed by atoms with E-state index in [-0.39, 0.29) is 5.97 Å². The van der Waals surface area contributed by atoms with E-state index in [1.807, 2.05) is 6.08 Å². The first-order valence-corrected chi connectivity index (χ1v) is 5.57. The van der Waals surface area contributed by atoms with Gasteiger partial charge >= 0.3 is 5.97 Å². The molecule has 80 valence electrons. The van der Waals surface area contributed by atoms with Gasteiger partial charge in [0.2, 0.25) is 0 Å². The predicted molar refractivity (Wildman–Crippen MR) is 57.0 cm³/mol. The van der Waals surface area contributed by atoms with Crippen LogP contribution in [0.2, 0.25) is 0 Å². The molecular formula is C12H20O2. The molecule has 0 amide bonds. The number of methoxy groups -OCH3 is 1. The highest BCUT2D eigenvalue weighted by atomic mass is 16.5. The van der Waals surface area contributed by atoms with Crippen LogP contribution in [-0.2, 0) is 9.53 Å². The van der Waals surface area contributed by atoms with E-state index >= 15 is 0 Å². The summed E-state index contributed by atoms with van der Waals surface area (Å²) in [6.45, 7) is 0. The van der Waals surface area contributed by atoms with Crippen molar-refractivity contribution >= 4 is 5.97 Å². The van der Waals surface area contributed by atoms with E-state index in [9.17, 15) is 4.79 Å². The van der Waals surface area contributed by atoms with Crippen LogP contribution in [0.25, 0.3) is 0 Å². The minimum atomic E-state index is -0.242. The summed E-state index contributed by atoms with van der Waals surface area (Å²) in [5.41, 5.74) is 0. The monoisotopic (exact) mass is 196 g/mol. The van der Waals surface area contributed by atoms with Crippen molar-refractivity contribution in [1.82, 2.24) is 0 Å². The lowest BCUT2D eigenvalue weighted by molar-refractivity contribution is -0.134. The Labute approximate surface area is 86.3 Å². The molecule has 0 heterocycles. The highest BCUT2D eigenvalue weighted by molar-refractivity contribution is 5.81. The molecule has 2 heteroatoms. The Morgan fingerprint density at radius 1 is 1.36 bits per heavy atom. The maximum atomic E-state index is 10.8. The molecule has 2 nitrogen and oxygen atoms in total. The van der Waals surface area contributed by atoms with Gasteiger partial charge in [0.05, 0.1) is 7.11 Å². The Morgan fingerprint density at radius 3 is 2.71 bits per heavy atom. The lowest BCUT2D eigenvalue weighted by Crippen LogP contribution is -2.05. The molecule has 0 aliphatic heterocycles. The van der Waals surface area contributed by atoms with Gasteiger partial charge in [-0.25, -0.2) is 4.79 Å². The number of rotatable bonds is 4. The molecule has 0 unspecified atom stereocenters. The average Bonchev–Trinajstić information content (AvgIpc) is 2.25. The third-order valence-electron chi connectivity index (χ3n) is 2.92. The number of hydrogen-bond acceptors (Lipinski definition) is 2. The van der Waals surface area contributed by atoms with E-state index in [2.05, 4.69) is 4.74 Å². The van der Waals surface area contributed by atoms with Crippen molar-refractivity contribution in [3.8, 4) is 0 Å². The first-order valence-electron chi connectivity index (χ1n) is 5.57. The first kappa shape index (κ1) is 11.3. The van der Waals surface area contributed by atoms with Gasteiger partial charge in [0.15, 0.2) is 0 Å². The van der Waals surface area contributed by atoms with Crippen molar-refractivity contribution in [3.63, 3.8) is 0 Å². The van der Waals surface area contributed by atoms with E-state index in [0.717, 1.165) is 12.3 Å². The molecule has 0 atom stereocenters. The summed E-state index contributed by atoms with van der Waals surface area (Å²) in [7, 11) is 1.41. The molecule has 0 radical (unpaired) electrons. The summed E-state index contributed by atoms with van der Waals surface area (Å²) in [6, 6.07) is 0. The zero-order valence-electron chi connectivity index (χ0n) is 9.00. The fourth-order valence-corrected chi connectivity index (χ4v) is 2.06. The van der Waals surface area contributed by atoms with E-state index in [0.29, 0.717) is 0 Å². The van der Waals surface area contributed by atoms with Crippen LogP contribution in [0.3, 0.4) is 0 Å². The number of carbonyl (C=O) groups is 1. The molecule has 14 heavy (non-hydrogen) atoms. The molecule has 0 aromatic carbocycles. The van der Waals surface area contributed by atoms with Crippen LogP contribution in [0.4, 0.5) is 0 Å². The molecule has 0 saturated heterocycles. The third kappa shape index (κ3) is 4.45. The molecule has 1 aliphatic rings. The van der Waals surface area contributed by atoms with Crippen LogP contribution < -0.4 is 0 Å². The van der Waals surface area contributed by atoms with Crippen molar-refractivity contribution in [2.24, 2.45) is 5.92 Å². The van der Waals surface area contributed by atoms with Gasteiger partial charge in [-0.2, -0.15) is 0 Å². The maximum absolute atomic E-state index is 10.8. The van der Waals surface area contributed by atoms with Crippen LogP contribution >= 0.6 is 0 Å². The first-order chi connectivity index (χ1) is 6.83. The molecule has 0 aromatic heterocycles. The van der Waals surface area contributed by atoms with Gasteiger partial charge in [-0.15, -0.1) is 0 Å². The molecule has 1 aliphatic carbocycles. The van der Waals surface area contributed by atoms with Gasteiger partial charge in [-0.1, -0.05) is 38.2 Å². The van der Waals surface area contributed by atoms with Crippen LogP contribution in [0.15, 0.2) is 12.2 Å². The van der Waals surface area contributed by atoms with Gasteiger partial charge in [-0.3, -0.25) is 0 Å². The van der Waals surface area contributed by atoms with Gasteiger partial charge in [0, 0.05) is 6.08 Å². The topological polar surface area (TPSA) is 26.3 Å². The molecule has 1 fully saturated rings. The Kier molecular flexibility index (Phi) is 5.35. The molecule has 0 spiro atoms. The van der Waals surface area contributed by atoms with Crippen molar-refractivity contribution in [2.45, 2.75) is 44.9 Å². The summed E-state index contributed by atoms with van der Waals surface area (Å²) in [5, 5.41) is 0. The van der Waals surface area contributed by atoms with E-state index in [1.54, 1.807) is 0 Å². The SMILES string of the molecule is COC(=O)C=CCCC1CCCCC1. The number of carbonyl (C=O) groups excluding carboxylic acids is 1. The van der Waals surface area contributed by atoms with Crippen LogP contribution in [-0.4, -0.2) is 13.1 Å². The zero-order chi connectivity index (χ0) is 10.2. The summed E-state index contributed by atoms with van der Waals surface area (Å²) in [4.78, 5) is 10.8. The molecule has 0 aromatic rings. The summed E-state index contributed by atoms with van der Waals surface area (Å²) < 4.78 is 4.52. The Hall–Kier alpha value is -0.790. The van der Waals surface area contributed by atoms with Crippen molar-refractivity contribution in [1.29, 1.82) is 0 Å². The van der Waals surface area contributed by atoms with Crippen molar-refractivity contribution in [2.75, 3.05) is 7.11 Å². The second kappa shape index (κ2) is 6.63. The fourth-order valence-electron chi connectivity index (χ4n) is 2.06. The Balaban J connectivity index is 2.07. The van der Waals surface area contributed by atoms with E-state index in [4.69, 9.17) is 0 Å². The van der Waals surface area contributed by atoms with E-state index in [1.165, 1.54) is 51.7 Å². The lowest BCUT2D eigenvalue weighted by Gasteiger charge is -2.20. The Morgan fingerprint density at radius 2 is 2.07 bits per heavy atom. The largest absolute Gasteiger partial charge is 0.466 e. The molecule has 1 rings (SSSR count). The average molecular weight is 196 g/mol. The third-order valence-corrected chi connectivity index (χ3v) is 2.92. The summed E-state index contributed by atoms with van der Waals surface area (Å²) >= 11 is 0. The highest BCUT2D eigenvalue weighted by Gasteiger charge is 2.11. The quantitative estimate of drug-likeness (QED) is 0.510. The fraction of sp³-hybridized carbons (Fsp3) is 0.750. The second-order valence-electron chi connectivity index (χ2n) is 4.01. The summed E-state index contributed by atoms with van der Waals surface area (Å²) in [6.07, 6.45) is 12.7. The number of esters is 1. The van der Waals surface area contributed by atoms with Gasteiger partial charge in [-0.05, 0) is 18.8 Å². The van der Waals surface area contributed by atoms with E-state index < -0.39 is 0 Å². The van der Waals surface area contributed by atoms with Gasteiger partial charge in [0.1, 0.15) is 0 Å². The molecule has 0 bridgehead atoms. The summed E-state index contributed by atoms with van der Waals surface area (Å²) in [5.74, 6) is 0.652. The van der Waals surface area contributed by atoms with Gasteiger partial charge in [0.25, 0.3) is 0 Å². The molecule has 0 N–H and O–H groups in total. The van der Waals surface area contributed by atoms with Gasteiger partial charge < -0.3 is 4.74 Å². The van der Waals surface area contributed by atoms with Crippen molar-refractivity contribution in [3.05, 3.63) is 12.2 Å². The minimum Gasteiger partial charge on any atom is -0.466 e. The second-order valence-corrected chi connectivity index (χ2v) is 4.01. The normalized spacial score (nSPS) is 18.6. The Bertz CT molecular complexity index is 190. The standard InChI is InChI=1S/C12H20O2/c1-14-12(13)10-6-5-9-11-7-3-2-4-8-11/h6,10-11H,2-5,7-9H2,1H3.